The van der Waals surface area contributed by atoms with E-state index in [1.54, 1.807) is 11.3 Å². The molecule has 2 unspecified atom stereocenters. The molecule has 4 heteroatoms. The van der Waals surface area contributed by atoms with Crippen molar-refractivity contribution in [2.24, 2.45) is 5.73 Å². The van der Waals surface area contributed by atoms with Gasteiger partial charge in [0.25, 0.3) is 0 Å². The molecule has 3 nitrogen and oxygen atoms in total. The second kappa shape index (κ2) is 6.50. The van der Waals surface area contributed by atoms with E-state index in [4.69, 9.17) is 5.73 Å². The highest BCUT2D eigenvalue weighted by Gasteiger charge is 2.17. The molecular formula is C15H18N2OS. The molecule has 1 aromatic carbocycles. The lowest BCUT2D eigenvalue weighted by molar-refractivity contribution is -0.121. The Morgan fingerprint density at radius 1 is 1.26 bits per heavy atom. The molecule has 0 bridgehead atoms. The highest BCUT2D eigenvalue weighted by molar-refractivity contribution is 7.10. The molecule has 0 aliphatic heterocycles. The molecule has 0 aliphatic rings. The average Bonchev–Trinajstić information content (AvgIpc) is 2.90. The molecule has 0 aliphatic carbocycles. The first-order valence-corrected chi connectivity index (χ1v) is 7.18. The summed E-state index contributed by atoms with van der Waals surface area (Å²) in [7, 11) is 0. The van der Waals surface area contributed by atoms with Crippen molar-refractivity contribution >= 4 is 17.2 Å². The van der Waals surface area contributed by atoms with Gasteiger partial charge in [-0.3, -0.25) is 4.79 Å². The minimum absolute atomic E-state index is 0.0164. The number of nitrogens with one attached hydrogen (secondary N) is 1. The second-order valence-corrected chi connectivity index (χ2v) is 5.59. The third-order valence-corrected chi connectivity index (χ3v) is 3.71. The summed E-state index contributed by atoms with van der Waals surface area (Å²) in [6.45, 7) is 1.84. The number of thiophene rings is 1. The van der Waals surface area contributed by atoms with Crippen molar-refractivity contribution in [3.05, 3.63) is 58.3 Å². The molecule has 19 heavy (non-hydrogen) atoms. The van der Waals surface area contributed by atoms with E-state index in [0.29, 0.717) is 6.42 Å². The van der Waals surface area contributed by atoms with Gasteiger partial charge in [-0.1, -0.05) is 36.4 Å². The van der Waals surface area contributed by atoms with Crippen LogP contribution in [0.1, 0.15) is 29.8 Å². The Morgan fingerprint density at radius 2 is 2.00 bits per heavy atom. The maximum atomic E-state index is 11.9. The molecule has 1 heterocycles. The molecule has 3 N–H and O–H groups in total. The zero-order chi connectivity index (χ0) is 13.7. The van der Waals surface area contributed by atoms with Crippen LogP contribution in [0.5, 0.6) is 0 Å². The number of carbonyl (C=O) groups excluding carboxylic acids is 1. The van der Waals surface area contributed by atoms with Gasteiger partial charge in [0, 0.05) is 17.3 Å². The SMILES string of the molecule is CC(N)CC(=O)NC(c1ccccc1)c1cccs1. The van der Waals surface area contributed by atoms with E-state index in [2.05, 4.69) is 5.32 Å². The Morgan fingerprint density at radius 3 is 2.58 bits per heavy atom. The van der Waals surface area contributed by atoms with E-state index in [1.807, 2.05) is 54.8 Å². The summed E-state index contributed by atoms with van der Waals surface area (Å²) in [6.07, 6.45) is 0.342. The Hall–Kier alpha value is -1.65. The normalized spacial score (nSPS) is 13.8. The Kier molecular flexibility index (Phi) is 4.71. The zero-order valence-corrected chi connectivity index (χ0v) is 11.7. The van der Waals surface area contributed by atoms with E-state index in [1.165, 1.54) is 0 Å². The largest absolute Gasteiger partial charge is 0.344 e. The van der Waals surface area contributed by atoms with E-state index in [0.717, 1.165) is 10.4 Å². The monoisotopic (exact) mass is 274 g/mol. The summed E-state index contributed by atoms with van der Waals surface area (Å²) >= 11 is 1.64. The second-order valence-electron chi connectivity index (χ2n) is 4.61. The van der Waals surface area contributed by atoms with Gasteiger partial charge < -0.3 is 11.1 Å². The molecule has 0 radical (unpaired) electrons. The third-order valence-electron chi connectivity index (χ3n) is 2.77. The minimum atomic E-state index is -0.125. The summed E-state index contributed by atoms with van der Waals surface area (Å²) < 4.78 is 0. The molecule has 0 fully saturated rings. The summed E-state index contributed by atoms with van der Waals surface area (Å²) in [5.74, 6) is -0.0164. The van der Waals surface area contributed by atoms with Crippen molar-refractivity contribution in [2.75, 3.05) is 0 Å². The molecule has 100 valence electrons. The summed E-state index contributed by atoms with van der Waals surface area (Å²) in [4.78, 5) is 13.1. The molecule has 2 aromatic rings. The quantitative estimate of drug-likeness (QED) is 0.880. The van der Waals surface area contributed by atoms with Crippen LogP contribution >= 0.6 is 11.3 Å². The molecule has 0 saturated heterocycles. The average molecular weight is 274 g/mol. The van der Waals surface area contributed by atoms with Gasteiger partial charge >= 0.3 is 0 Å². The Balaban J connectivity index is 2.19. The van der Waals surface area contributed by atoms with Gasteiger partial charge in [0.05, 0.1) is 6.04 Å². The van der Waals surface area contributed by atoms with Crippen molar-refractivity contribution in [1.82, 2.24) is 5.32 Å². The molecule has 1 aromatic heterocycles. The van der Waals surface area contributed by atoms with E-state index in [9.17, 15) is 4.79 Å². The van der Waals surface area contributed by atoms with Gasteiger partial charge in [-0.25, -0.2) is 0 Å². The molecular weight excluding hydrogens is 256 g/mol. The number of amides is 1. The minimum Gasteiger partial charge on any atom is -0.344 e. The number of rotatable bonds is 5. The van der Waals surface area contributed by atoms with E-state index < -0.39 is 0 Å². The lowest BCUT2D eigenvalue weighted by Crippen LogP contribution is -2.33. The molecule has 0 saturated carbocycles. The zero-order valence-electron chi connectivity index (χ0n) is 10.9. The summed E-state index contributed by atoms with van der Waals surface area (Å²) in [5, 5.41) is 5.08. The van der Waals surface area contributed by atoms with Crippen LogP contribution in [0.4, 0.5) is 0 Å². The highest BCUT2D eigenvalue weighted by Crippen LogP contribution is 2.25. The van der Waals surface area contributed by atoms with Crippen LogP contribution < -0.4 is 11.1 Å². The standard InChI is InChI=1S/C15H18N2OS/c1-11(16)10-14(18)17-15(13-8-5-9-19-13)12-6-3-2-4-7-12/h2-9,11,15H,10,16H2,1H3,(H,17,18). The van der Waals surface area contributed by atoms with E-state index >= 15 is 0 Å². The first kappa shape index (κ1) is 13.8. The predicted octanol–water partition coefficient (Wildman–Crippen LogP) is 2.69. The van der Waals surface area contributed by atoms with E-state index in [-0.39, 0.29) is 18.0 Å². The van der Waals surface area contributed by atoms with Gasteiger partial charge in [0.1, 0.15) is 0 Å². The van der Waals surface area contributed by atoms with Crippen LogP contribution in [0.3, 0.4) is 0 Å². The van der Waals surface area contributed by atoms with Crippen molar-refractivity contribution in [2.45, 2.75) is 25.4 Å². The van der Waals surface area contributed by atoms with Gasteiger partial charge in [0.15, 0.2) is 0 Å². The fourth-order valence-electron chi connectivity index (χ4n) is 1.93. The molecule has 2 rings (SSSR count). The van der Waals surface area contributed by atoms with Gasteiger partial charge in [-0.15, -0.1) is 11.3 Å². The van der Waals surface area contributed by atoms with Crippen LogP contribution in [0.2, 0.25) is 0 Å². The lowest BCUT2D eigenvalue weighted by atomic mass is 10.0. The maximum Gasteiger partial charge on any atom is 0.222 e. The topological polar surface area (TPSA) is 55.1 Å². The van der Waals surface area contributed by atoms with Crippen molar-refractivity contribution < 1.29 is 4.79 Å². The first-order chi connectivity index (χ1) is 9.16. The number of nitrogens with two attached hydrogens (primary N) is 1. The van der Waals surface area contributed by atoms with Gasteiger partial charge in [-0.2, -0.15) is 0 Å². The first-order valence-electron chi connectivity index (χ1n) is 6.30. The third kappa shape index (κ3) is 3.91. The van der Waals surface area contributed by atoms with Crippen LogP contribution in [-0.4, -0.2) is 11.9 Å². The summed E-state index contributed by atoms with van der Waals surface area (Å²) in [5.41, 5.74) is 6.75. The maximum absolute atomic E-state index is 11.9. The highest BCUT2D eigenvalue weighted by atomic mass is 32.1. The van der Waals surface area contributed by atoms with Crippen molar-refractivity contribution in [1.29, 1.82) is 0 Å². The number of benzene rings is 1. The van der Waals surface area contributed by atoms with Crippen LogP contribution in [0.15, 0.2) is 47.8 Å². The number of carbonyl (C=O) groups is 1. The number of hydrogen-bond donors (Lipinski definition) is 2. The Labute approximate surface area is 117 Å². The summed E-state index contributed by atoms with van der Waals surface area (Å²) in [6, 6.07) is 13.8. The van der Waals surface area contributed by atoms with Gasteiger partial charge in [-0.05, 0) is 23.9 Å². The molecule has 2 atom stereocenters. The lowest BCUT2D eigenvalue weighted by Gasteiger charge is -2.18. The molecule has 0 spiro atoms. The van der Waals surface area contributed by atoms with Crippen LogP contribution in [0, 0.1) is 0 Å². The smallest absolute Gasteiger partial charge is 0.222 e. The van der Waals surface area contributed by atoms with Crippen molar-refractivity contribution in [3.63, 3.8) is 0 Å². The fraction of sp³-hybridized carbons (Fsp3) is 0.267. The van der Waals surface area contributed by atoms with Crippen LogP contribution in [0.25, 0.3) is 0 Å². The van der Waals surface area contributed by atoms with Gasteiger partial charge in [0.2, 0.25) is 5.91 Å². The Bertz CT molecular complexity index is 508. The predicted molar refractivity (Wildman–Crippen MR) is 79.0 cm³/mol. The molecule has 1 amide bonds. The fourth-order valence-corrected chi connectivity index (χ4v) is 2.73. The van der Waals surface area contributed by atoms with Crippen molar-refractivity contribution in [3.8, 4) is 0 Å². The number of hydrogen-bond acceptors (Lipinski definition) is 3. The van der Waals surface area contributed by atoms with Crippen LogP contribution in [-0.2, 0) is 4.79 Å².